The van der Waals surface area contributed by atoms with Crippen molar-refractivity contribution in [2.45, 2.75) is 20.1 Å². The van der Waals surface area contributed by atoms with Gasteiger partial charge >= 0.3 is 0 Å². The zero-order valence-electron chi connectivity index (χ0n) is 9.39. The largest absolute Gasteiger partial charge is 0.349 e. The number of hydrogen-bond acceptors (Lipinski definition) is 4. The van der Waals surface area contributed by atoms with E-state index in [2.05, 4.69) is 9.97 Å². The highest BCUT2D eigenvalue weighted by atomic mass is 19.1. The lowest BCUT2D eigenvalue weighted by atomic mass is 10.4. The zero-order valence-corrected chi connectivity index (χ0v) is 9.39. The van der Waals surface area contributed by atoms with Gasteiger partial charge in [-0.05, 0) is 26.0 Å². The van der Waals surface area contributed by atoms with Crippen LogP contribution in [0.1, 0.15) is 19.7 Å². The van der Waals surface area contributed by atoms with Crippen LogP contribution in [0.3, 0.4) is 0 Å². The van der Waals surface area contributed by atoms with Crippen LogP contribution < -0.4 is 0 Å². The molecule has 0 spiro atoms. The summed E-state index contributed by atoms with van der Waals surface area (Å²) in [5.74, 6) is -0.0332. The summed E-state index contributed by atoms with van der Waals surface area (Å²) in [5.41, 5.74) is 0. The van der Waals surface area contributed by atoms with E-state index in [4.69, 9.17) is 9.47 Å². The molecular formula is C11H15FN2O2. The first-order valence-electron chi connectivity index (χ1n) is 5.15. The lowest BCUT2D eigenvalue weighted by Crippen LogP contribution is -2.14. The second-order valence-electron chi connectivity index (χ2n) is 2.90. The van der Waals surface area contributed by atoms with E-state index in [9.17, 15) is 4.39 Å². The van der Waals surface area contributed by atoms with E-state index >= 15 is 0 Å². The molecule has 0 radical (unpaired) electrons. The lowest BCUT2D eigenvalue weighted by molar-refractivity contribution is -0.103. The molecule has 1 heterocycles. The minimum absolute atomic E-state index is 0.413. The Kier molecular flexibility index (Phi) is 5.60. The number of aromatic nitrogens is 2. The standard InChI is InChI=1S/C11H15FN2O2/c1-3-15-11(16-4-2)6-5-10-13-7-9(12)8-14-10/h5-8,11H,3-4H2,1-2H3/b6-5-. The molecule has 1 rings (SSSR count). The summed E-state index contributed by atoms with van der Waals surface area (Å²) in [6, 6.07) is 0. The van der Waals surface area contributed by atoms with Gasteiger partial charge in [0.2, 0.25) is 0 Å². The summed E-state index contributed by atoms with van der Waals surface area (Å²) in [4.78, 5) is 7.57. The predicted molar refractivity (Wildman–Crippen MR) is 58.1 cm³/mol. The molecule has 0 atom stereocenters. The second kappa shape index (κ2) is 7.03. The molecule has 0 saturated carbocycles. The van der Waals surface area contributed by atoms with E-state index < -0.39 is 12.1 Å². The molecule has 0 fully saturated rings. The van der Waals surface area contributed by atoms with E-state index in [-0.39, 0.29) is 0 Å². The summed E-state index contributed by atoms with van der Waals surface area (Å²) in [6.07, 6.45) is 5.14. The van der Waals surface area contributed by atoms with Crippen molar-refractivity contribution in [3.05, 3.63) is 30.1 Å². The SMILES string of the molecule is CCOC(/C=C\c1ncc(F)cn1)OCC. The van der Waals surface area contributed by atoms with Crippen molar-refractivity contribution in [2.24, 2.45) is 0 Å². The molecule has 0 bridgehead atoms. The van der Waals surface area contributed by atoms with E-state index in [0.717, 1.165) is 12.4 Å². The molecule has 0 aromatic carbocycles. The van der Waals surface area contributed by atoms with Crippen LogP contribution in [0.15, 0.2) is 18.5 Å². The topological polar surface area (TPSA) is 44.2 Å². The van der Waals surface area contributed by atoms with E-state index in [1.165, 1.54) is 0 Å². The Bertz CT molecular complexity index is 321. The molecule has 0 unspecified atom stereocenters. The first-order chi connectivity index (χ1) is 7.76. The van der Waals surface area contributed by atoms with E-state index in [1.807, 2.05) is 13.8 Å². The highest BCUT2D eigenvalue weighted by molar-refractivity contribution is 5.39. The van der Waals surface area contributed by atoms with Gasteiger partial charge in [0.25, 0.3) is 0 Å². The van der Waals surface area contributed by atoms with Crippen LogP contribution in [-0.2, 0) is 9.47 Å². The molecular weight excluding hydrogens is 211 g/mol. The third kappa shape index (κ3) is 4.46. The maximum Gasteiger partial charge on any atom is 0.177 e. The first kappa shape index (κ1) is 12.7. The Morgan fingerprint density at radius 3 is 2.31 bits per heavy atom. The minimum atomic E-state index is -0.455. The lowest BCUT2D eigenvalue weighted by Gasteiger charge is -2.11. The summed E-state index contributed by atoms with van der Waals surface area (Å²) in [7, 11) is 0. The average molecular weight is 226 g/mol. The van der Waals surface area contributed by atoms with Crippen molar-refractivity contribution in [3.8, 4) is 0 Å². The van der Waals surface area contributed by atoms with Gasteiger partial charge in [-0.3, -0.25) is 0 Å². The molecule has 0 aliphatic heterocycles. The predicted octanol–water partition coefficient (Wildman–Crippen LogP) is 2.03. The van der Waals surface area contributed by atoms with Gasteiger partial charge in [0.1, 0.15) is 0 Å². The second-order valence-corrected chi connectivity index (χ2v) is 2.90. The van der Waals surface area contributed by atoms with Crippen LogP contribution in [0.25, 0.3) is 6.08 Å². The highest BCUT2D eigenvalue weighted by Crippen LogP contribution is 2.01. The molecule has 1 aromatic heterocycles. The number of ether oxygens (including phenoxy) is 2. The normalized spacial score (nSPS) is 11.5. The minimum Gasteiger partial charge on any atom is -0.349 e. The summed E-state index contributed by atoms with van der Waals surface area (Å²) in [6.45, 7) is 4.88. The Morgan fingerprint density at radius 2 is 1.81 bits per heavy atom. The van der Waals surface area contributed by atoms with Crippen molar-refractivity contribution in [1.82, 2.24) is 9.97 Å². The number of nitrogens with zero attached hydrogens (tertiary/aromatic N) is 2. The van der Waals surface area contributed by atoms with Crippen molar-refractivity contribution in [2.75, 3.05) is 13.2 Å². The van der Waals surface area contributed by atoms with Crippen LogP contribution >= 0.6 is 0 Å². The van der Waals surface area contributed by atoms with Crippen LogP contribution in [0, 0.1) is 5.82 Å². The average Bonchev–Trinajstić information content (AvgIpc) is 2.29. The van der Waals surface area contributed by atoms with Gasteiger partial charge in [-0.15, -0.1) is 0 Å². The maximum atomic E-state index is 12.5. The Balaban J connectivity index is 2.58. The zero-order chi connectivity index (χ0) is 11.8. The molecule has 1 aromatic rings. The number of halogens is 1. The van der Waals surface area contributed by atoms with Gasteiger partial charge < -0.3 is 9.47 Å². The van der Waals surface area contributed by atoms with Gasteiger partial charge in [0.05, 0.1) is 12.4 Å². The molecule has 0 amide bonds. The smallest absolute Gasteiger partial charge is 0.177 e. The quantitative estimate of drug-likeness (QED) is 0.696. The molecule has 88 valence electrons. The maximum absolute atomic E-state index is 12.5. The fourth-order valence-corrected chi connectivity index (χ4v) is 1.06. The summed E-state index contributed by atoms with van der Waals surface area (Å²) >= 11 is 0. The molecule has 0 aliphatic rings. The summed E-state index contributed by atoms with van der Waals surface area (Å²) < 4.78 is 23.1. The van der Waals surface area contributed by atoms with E-state index in [0.29, 0.717) is 19.0 Å². The van der Waals surface area contributed by atoms with E-state index in [1.54, 1.807) is 12.2 Å². The van der Waals surface area contributed by atoms with Crippen LogP contribution in [0.2, 0.25) is 0 Å². The number of rotatable bonds is 6. The molecule has 16 heavy (non-hydrogen) atoms. The molecule has 0 aliphatic carbocycles. The monoisotopic (exact) mass is 226 g/mol. The van der Waals surface area contributed by atoms with Gasteiger partial charge in [-0.25, -0.2) is 14.4 Å². The van der Waals surface area contributed by atoms with Crippen molar-refractivity contribution >= 4 is 6.08 Å². The Labute approximate surface area is 94.1 Å². The molecule has 0 saturated heterocycles. The van der Waals surface area contributed by atoms with Gasteiger partial charge in [0.15, 0.2) is 17.9 Å². The third-order valence-corrected chi connectivity index (χ3v) is 1.70. The van der Waals surface area contributed by atoms with Crippen LogP contribution in [-0.4, -0.2) is 29.5 Å². The van der Waals surface area contributed by atoms with Gasteiger partial charge in [-0.1, -0.05) is 0 Å². The molecule has 5 heteroatoms. The highest BCUT2D eigenvalue weighted by Gasteiger charge is 2.02. The van der Waals surface area contributed by atoms with Crippen molar-refractivity contribution in [3.63, 3.8) is 0 Å². The van der Waals surface area contributed by atoms with Crippen molar-refractivity contribution < 1.29 is 13.9 Å². The van der Waals surface area contributed by atoms with Gasteiger partial charge in [0, 0.05) is 13.2 Å². The fraction of sp³-hybridized carbons (Fsp3) is 0.455. The molecule has 0 N–H and O–H groups in total. The van der Waals surface area contributed by atoms with Crippen LogP contribution in [0.4, 0.5) is 4.39 Å². The number of hydrogen-bond donors (Lipinski definition) is 0. The molecule has 4 nitrogen and oxygen atoms in total. The fourth-order valence-electron chi connectivity index (χ4n) is 1.06. The van der Waals surface area contributed by atoms with Gasteiger partial charge in [-0.2, -0.15) is 0 Å². The van der Waals surface area contributed by atoms with Crippen molar-refractivity contribution in [1.29, 1.82) is 0 Å². The Morgan fingerprint density at radius 1 is 1.25 bits per heavy atom. The third-order valence-electron chi connectivity index (χ3n) is 1.70. The first-order valence-corrected chi connectivity index (χ1v) is 5.15. The van der Waals surface area contributed by atoms with Crippen LogP contribution in [0.5, 0.6) is 0 Å². The summed E-state index contributed by atoms with van der Waals surface area (Å²) in [5, 5.41) is 0. The Hall–Kier alpha value is -1.33.